The fraction of sp³-hybridized carbons (Fsp3) is 0.200. The van der Waals surface area contributed by atoms with Gasteiger partial charge in [0.1, 0.15) is 0 Å². The Morgan fingerprint density at radius 2 is 1.75 bits per heavy atom. The Kier molecular flexibility index (Phi) is 4.20. The van der Waals surface area contributed by atoms with Crippen molar-refractivity contribution in [2.75, 3.05) is 19.4 Å². The van der Waals surface area contributed by atoms with Crippen LogP contribution in [0.15, 0.2) is 35.7 Å². The van der Waals surface area contributed by atoms with Gasteiger partial charge < -0.3 is 10.2 Å². The van der Waals surface area contributed by atoms with Crippen LogP contribution in [-0.4, -0.2) is 30.8 Å². The number of thiophene rings is 1. The number of hydrogen-bond donors (Lipinski definition) is 1. The lowest BCUT2D eigenvalue weighted by atomic mass is 10.2. The average molecular weight is 288 g/mol. The van der Waals surface area contributed by atoms with Crippen LogP contribution in [0.4, 0.5) is 5.69 Å². The van der Waals surface area contributed by atoms with E-state index in [1.54, 1.807) is 38.4 Å². The number of hydrogen-bond acceptors (Lipinski definition) is 3. The van der Waals surface area contributed by atoms with Gasteiger partial charge in [-0.2, -0.15) is 0 Å². The molecule has 20 heavy (non-hydrogen) atoms. The molecule has 1 N–H and O–H groups in total. The quantitative estimate of drug-likeness (QED) is 0.944. The number of carbonyl (C=O) groups excluding carboxylic acids is 2. The fourth-order valence-corrected chi connectivity index (χ4v) is 2.57. The van der Waals surface area contributed by atoms with Crippen LogP contribution in [0.5, 0.6) is 0 Å². The van der Waals surface area contributed by atoms with Crippen LogP contribution in [0.1, 0.15) is 25.6 Å². The Balaban J connectivity index is 2.10. The van der Waals surface area contributed by atoms with Crippen LogP contribution in [0.3, 0.4) is 0 Å². The Labute approximate surface area is 122 Å². The first-order valence-electron chi connectivity index (χ1n) is 6.16. The maximum atomic E-state index is 12.0. The molecule has 2 amide bonds. The van der Waals surface area contributed by atoms with Crippen molar-refractivity contribution >= 4 is 28.8 Å². The van der Waals surface area contributed by atoms with Gasteiger partial charge in [-0.3, -0.25) is 9.59 Å². The van der Waals surface area contributed by atoms with Crippen molar-refractivity contribution in [1.29, 1.82) is 0 Å². The lowest BCUT2D eigenvalue weighted by Crippen LogP contribution is -2.21. The highest BCUT2D eigenvalue weighted by atomic mass is 32.1. The molecule has 0 spiro atoms. The molecule has 0 bridgehead atoms. The van der Waals surface area contributed by atoms with Crippen LogP contribution in [0, 0.1) is 6.92 Å². The van der Waals surface area contributed by atoms with Crippen LogP contribution >= 0.6 is 11.3 Å². The lowest BCUT2D eigenvalue weighted by Gasteiger charge is -2.11. The zero-order chi connectivity index (χ0) is 14.7. The van der Waals surface area contributed by atoms with Crippen LogP contribution in [0.2, 0.25) is 0 Å². The van der Waals surface area contributed by atoms with Gasteiger partial charge in [-0.25, -0.2) is 0 Å². The molecule has 0 saturated carbocycles. The van der Waals surface area contributed by atoms with Crippen molar-refractivity contribution in [1.82, 2.24) is 4.90 Å². The molecular weight excluding hydrogens is 272 g/mol. The molecular formula is C15H16N2O2S. The summed E-state index contributed by atoms with van der Waals surface area (Å²) >= 11 is 1.42. The number of aryl methyl sites for hydroxylation is 1. The first-order valence-corrected chi connectivity index (χ1v) is 7.04. The van der Waals surface area contributed by atoms with Gasteiger partial charge in [-0.05, 0) is 48.2 Å². The molecule has 0 fully saturated rings. The summed E-state index contributed by atoms with van der Waals surface area (Å²) < 4.78 is 0. The fourth-order valence-electron chi connectivity index (χ4n) is 1.75. The van der Waals surface area contributed by atoms with Crippen molar-refractivity contribution in [3.8, 4) is 0 Å². The molecule has 1 heterocycles. The number of nitrogens with one attached hydrogen (secondary N) is 1. The molecule has 5 heteroatoms. The molecule has 0 unspecified atom stereocenters. The van der Waals surface area contributed by atoms with E-state index in [1.165, 1.54) is 16.2 Å². The first kappa shape index (κ1) is 14.3. The SMILES string of the molecule is Cc1ccsc1C(=O)Nc1ccc(C(=O)N(C)C)cc1. The largest absolute Gasteiger partial charge is 0.345 e. The third kappa shape index (κ3) is 3.05. The van der Waals surface area contributed by atoms with Gasteiger partial charge in [0, 0.05) is 25.3 Å². The van der Waals surface area contributed by atoms with Gasteiger partial charge in [0.2, 0.25) is 0 Å². The van der Waals surface area contributed by atoms with Gasteiger partial charge in [0.05, 0.1) is 4.88 Å². The zero-order valence-corrected chi connectivity index (χ0v) is 12.5. The molecule has 0 radical (unpaired) electrons. The van der Waals surface area contributed by atoms with Crippen molar-refractivity contribution in [3.63, 3.8) is 0 Å². The topological polar surface area (TPSA) is 49.4 Å². The van der Waals surface area contributed by atoms with E-state index in [0.29, 0.717) is 16.1 Å². The predicted molar refractivity (Wildman–Crippen MR) is 81.5 cm³/mol. The standard InChI is InChI=1S/C15H16N2O2S/c1-10-8-9-20-13(10)14(18)16-12-6-4-11(5-7-12)15(19)17(2)3/h4-9H,1-3H3,(H,16,18). The molecule has 0 aliphatic heterocycles. The second-order valence-corrected chi connectivity index (χ2v) is 5.58. The lowest BCUT2D eigenvalue weighted by molar-refractivity contribution is 0.0827. The number of benzene rings is 1. The Morgan fingerprint density at radius 1 is 1.10 bits per heavy atom. The summed E-state index contributed by atoms with van der Waals surface area (Å²) in [5.41, 5.74) is 2.24. The summed E-state index contributed by atoms with van der Waals surface area (Å²) in [5, 5.41) is 4.72. The second-order valence-electron chi connectivity index (χ2n) is 4.66. The molecule has 104 valence electrons. The van der Waals surface area contributed by atoms with Gasteiger partial charge >= 0.3 is 0 Å². The van der Waals surface area contributed by atoms with E-state index in [9.17, 15) is 9.59 Å². The third-order valence-electron chi connectivity index (χ3n) is 2.86. The van der Waals surface area contributed by atoms with Crippen molar-refractivity contribution in [2.24, 2.45) is 0 Å². The minimum atomic E-state index is -0.121. The zero-order valence-electron chi connectivity index (χ0n) is 11.6. The van der Waals surface area contributed by atoms with E-state index in [-0.39, 0.29) is 11.8 Å². The number of carbonyl (C=O) groups is 2. The Morgan fingerprint density at radius 3 is 2.25 bits per heavy atom. The van der Waals surface area contributed by atoms with Crippen LogP contribution < -0.4 is 5.32 Å². The number of anilines is 1. The van der Waals surface area contributed by atoms with Crippen molar-refractivity contribution < 1.29 is 9.59 Å². The third-order valence-corrected chi connectivity index (χ3v) is 3.88. The van der Waals surface area contributed by atoms with Crippen LogP contribution in [-0.2, 0) is 0 Å². The molecule has 4 nitrogen and oxygen atoms in total. The number of rotatable bonds is 3. The van der Waals surface area contributed by atoms with E-state index in [4.69, 9.17) is 0 Å². The molecule has 0 atom stereocenters. The van der Waals surface area contributed by atoms with Crippen molar-refractivity contribution in [2.45, 2.75) is 6.92 Å². The normalized spacial score (nSPS) is 10.2. The van der Waals surface area contributed by atoms with Crippen LogP contribution in [0.25, 0.3) is 0 Å². The summed E-state index contributed by atoms with van der Waals surface area (Å²) in [6.45, 7) is 1.91. The monoisotopic (exact) mass is 288 g/mol. The van der Waals surface area contributed by atoms with Crippen molar-refractivity contribution in [3.05, 3.63) is 51.7 Å². The average Bonchev–Trinajstić information content (AvgIpc) is 2.85. The van der Waals surface area contributed by atoms with Gasteiger partial charge in [0.15, 0.2) is 0 Å². The minimum Gasteiger partial charge on any atom is -0.345 e. The summed E-state index contributed by atoms with van der Waals surface area (Å²) in [5.74, 6) is -0.179. The Bertz CT molecular complexity index is 630. The number of nitrogens with zero attached hydrogens (tertiary/aromatic N) is 1. The van der Waals surface area contributed by atoms with Gasteiger partial charge in [-0.1, -0.05) is 0 Å². The molecule has 2 rings (SSSR count). The minimum absolute atomic E-state index is 0.0584. The predicted octanol–water partition coefficient (Wildman–Crippen LogP) is 3.01. The summed E-state index contributed by atoms with van der Waals surface area (Å²) in [6, 6.07) is 8.80. The molecule has 1 aromatic heterocycles. The van der Waals surface area contributed by atoms with E-state index < -0.39 is 0 Å². The summed E-state index contributed by atoms with van der Waals surface area (Å²) in [6.07, 6.45) is 0. The second kappa shape index (κ2) is 5.88. The summed E-state index contributed by atoms with van der Waals surface area (Å²) in [4.78, 5) is 26.0. The molecule has 0 aliphatic rings. The molecule has 0 aliphatic carbocycles. The van der Waals surface area contributed by atoms with Gasteiger partial charge in [-0.15, -0.1) is 11.3 Å². The van der Waals surface area contributed by atoms with E-state index in [1.807, 2.05) is 18.4 Å². The van der Waals surface area contributed by atoms with E-state index in [2.05, 4.69) is 5.32 Å². The highest BCUT2D eigenvalue weighted by molar-refractivity contribution is 7.12. The molecule has 2 aromatic rings. The first-order chi connectivity index (χ1) is 9.49. The summed E-state index contributed by atoms with van der Waals surface area (Å²) in [7, 11) is 3.41. The molecule has 1 aromatic carbocycles. The van der Waals surface area contributed by atoms with E-state index >= 15 is 0 Å². The molecule has 0 saturated heterocycles. The number of amides is 2. The van der Waals surface area contributed by atoms with E-state index in [0.717, 1.165) is 5.56 Å². The smallest absolute Gasteiger partial charge is 0.265 e. The highest BCUT2D eigenvalue weighted by Crippen LogP contribution is 2.18. The van der Waals surface area contributed by atoms with Gasteiger partial charge in [0.25, 0.3) is 11.8 Å². The Hall–Kier alpha value is -2.14. The maximum Gasteiger partial charge on any atom is 0.265 e. The maximum absolute atomic E-state index is 12.0. The highest BCUT2D eigenvalue weighted by Gasteiger charge is 2.11.